The number of esters is 1. The quantitative estimate of drug-likeness (QED) is 0.521. The van der Waals surface area contributed by atoms with Crippen molar-refractivity contribution in [3.05, 3.63) is 65.2 Å². The van der Waals surface area contributed by atoms with Crippen LogP contribution in [0.3, 0.4) is 0 Å². The molecule has 0 aliphatic heterocycles. The van der Waals surface area contributed by atoms with E-state index in [1.807, 2.05) is 0 Å². The Bertz CT molecular complexity index is 733. The summed E-state index contributed by atoms with van der Waals surface area (Å²) in [6, 6.07) is 12.0. The number of hydrogen-bond acceptors (Lipinski definition) is 5. The van der Waals surface area contributed by atoms with Crippen LogP contribution in [0.2, 0.25) is 0 Å². The van der Waals surface area contributed by atoms with E-state index in [4.69, 9.17) is 0 Å². The molecule has 0 saturated carbocycles. The molecule has 1 N–H and O–H groups in total. The van der Waals surface area contributed by atoms with E-state index in [0.717, 1.165) is 0 Å². The van der Waals surface area contributed by atoms with E-state index in [2.05, 4.69) is 4.74 Å². The summed E-state index contributed by atoms with van der Waals surface area (Å²) >= 11 is 0. The first-order valence-electron chi connectivity index (χ1n) is 6.55. The van der Waals surface area contributed by atoms with Crippen molar-refractivity contribution in [1.29, 1.82) is 0 Å². The Morgan fingerprint density at radius 1 is 0.955 bits per heavy atom. The van der Waals surface area contributed by atoms with Gasteiger partial charge in [0.1, 0.15) is 5.75 Å². The molecule has 0 heterocycles. The number of hydrogen-bond donors (Lipinski definition) is 1. The van der Waals surface area contributed by atoms with Crippen LogP contribution >= 0.6 is 0 Å². The normalized spacial score (nSPS) is 10.0. The standard InChI is InChI=1S/C17H14O5/c1-22-17(21)12-6-4-5-11(9-12)15(19)10-16(20)13-7-2-3-8-14(13)18/h2-9,18H,10H2,1H3. The molecule has 5 heteroatoms. The second-order valence-corrected chi connectivity index (χ2v) is 4.61. The molecule has 0 atom stereocenters. The van der Waals surface area contributed by atoms with Crippen molar-refractivity contribution < 1.29 is 24.2 Å². The third kappa shape index (κ3) is 3.38. The minimum absolute atomic E-state index is 0.0972. The number of phenols is 1. The molecular weight excluding hydrogens is 284 g/mol. The van der Waals surface area contributed by atoms with Gasteiger partial charge in [-0.15, -0.1) is 0 Å². The molecule has 5 nitrogen and oxygen atoms in total. The second kappa shape index (κ2) is 6.67. The molecule has 0 bridgehead atoms. The van der Waals surface area contributed by atoms with E-state index >= 15 is 0 Å². The molecular formula is C17H14O5. The van der Waals surface area contributed by atoms with Crippen molar-refractivity contribution in [2.75, 3.05) is 7.11 Å². The molecule has 0 fully saturated rings. The summed E-state index contributed by atoms with van der Waals surface area (Å²) in [7, 11) is 1.25. The average molecular weight is 298 g/mol. The van der Waals surface area contributed by atoms with Gasteiger partial charge < -0.3 is 9.84 Å². The maximum atomic E-state index is 12.1. The van der Waals surface area contributed by atoms with E-state index in [1.54, 1.807) is 18.2 Å². The van der Waals surface area contributed by atoms with E-state index in [-0.39, 0.29) is 28.9 Å². The number of carbonyl (C=O) groups is 3. The van der Waals surface area contributed by atoms with Crippen molar-refractivity contribution >= 4 is 17.5 Å². The van der Waals surface area contributed by atoms with Gasteiger partial charge in [0.25, 0.3) is 0 Å². The Labute approximate surface area is 127 Å². The van der Waals surface area contributed by atoms with Gasteiger partial charge in [-0.05, 0) is 24.3 Å². The van der Waals surface area contributed by atoms with E-state index in [9.17, 15) is 19.5 Å². The maximum absolute atomic E-state index is 12.1. The molecule has 2 rings (SSSR count). The zero-order valence-corrected chi connectivity index (χ0v) is 11.9. The number of para-hydroxylation sites is 1. The number of ether oxygens (including phenoxy) is 1. The lowest BCUT2D eigenvalue weighted by atomic mass is 10.00. The lowest BCUT2D eigenvalue weighted by molar-refractivity contribution is 0.0600. The first-order valence-corrected chi connectivity index (χ1v) is 6.55. The number of carbonyl (C=O) groups excluding carboxylic acids is 3. The summed E-state index contributed by atoms with van der Waals surface area (Å²) in [5.41, 5.74) is 0.579. The van der Waals surface area contributed by atoms with E-state index in [1.165, 1.54) is 37.4 Å². The molecule has 0 aliphatic carbocycles. The van der Waals surface area contributed by atoms with E-state index in [0.29, 0.717) is 0 Å². The molecule has 0 amide bonds. The molecule has 0 radical (unpaired) electrons. The topological polar surface area (TPSA) is 80.7 Å². The summed E-state index contributed by atoms with van der Waals surface area (Å²) in [4.78, 5) is 35.6. The minimum Gasteiger partial charge on any atom is -0.507 e. The third-order valence-electron chi connectivity index (χ3n) is 3.13. The number of phenolic OH excluding ortho intramolecular Hbond substituents is 1. The predicted octanol–water partition coefficient (Wildman–Crippen LogP) is 2.63. The monoisotopic (exact) mass is 298 g/mol. The van der Waals surface area contributed by atoms with Crippen molar-refractivity contribution in [2.45, 2.75) is 6.42 Å². The van der Waals surface area contributed by atoms with Gasteiger partial charge in [-0.2, -0.15) is 0 Å². The fraction of sp³-hybridized carbons (Fsp3) is 0.118. The highest BCUT2D eigenvalue weighted by atomic mass is 16.5. The maximum Gasteiger partial charge on any atom is 0.337 e. The van der Waals surface area contributed by atoms with Gasteiger partial charge in [0, 0.05) is 5.56 Å². The summed E-state index contributed by atoms with van der Waals surface area (Å²) < 4.78 is 4.59. The van der Waals surface area contributed by atoms with Gasteiger partial charge in [-0.1, -0.05) is 24.3 Å². The van der Waals surface area contributed by atoms with Crippen molar-refractivity contribution in [3.63, 3.8) is 0 Å². The average Bonchev–Trinajstić information content (AvgIpc) is 2.54. The van der Waals surface area contributed by atoms with Crippen molar-refractivity contribution in [3.8, 4) is 5.75 Å². The highest BCUT2D eigenvalue weighted by Gasteiger charge is 2.17. The van der Waals surface area contributed by atoms with Crippen LogP contribution in [-0.4, -0.2) is 29.8 Å². The number of ketones is 2. The van der Waals surface area contributed by atoms with Crippen LogP contribution in [0, 0.1) is 0 Å². The first-order chi connectivity index (χ1) is 10.5. The number of benzene rings is 2. The Morgan fingerprint density at radius 3 is 2.32 bits per heavy atom. The smallest absolute Gasteiger partial charge is 0.337 e. The Balaban J connectivity index is 2.18. The van der Waals surface area contributed by atoms with Crippen LogP contribution in [-0.2, 0) is 4.74 Å². The molecule has 0 spiro atoms. The van der Waals surface area contributed by atoms with Crippen LogP contribution in [0.4, 0.5) is 0 Å². The number of methoxy groups -OCH3 is 1. The first kappa shape index (κ1) is 15.4. The van der Waals surface area contributed by atoms with Gasteiger partial charge >= 0.3 is 5.97 Å². The van der Waals surface area contributed by atoms with Crippen LogP contribution in [0.5, 0.6) is 5.75 Å². The molecule has 2 aromatic carbocycles. The fourth-order valence-corrected chi connectivity index (χ4v) is 1.99. The summed E-state index contributed by atoms with van der Waals surface area (Å²) in [6.07, 6.45) is -0.387. The number of aromatic hydroxyl groups is 1. The molecule has 22 heavy (non-hydrogen) atoms. The zero-order chi connectivity index (χ0) is 16.1. The number of Topliss-reactive ketones (excluding diaryl/α,β-unsaturated/α-hetero) is 2. The van der Waals surface area contributed by atoms with E-state index < -0.39 is 17.5 Å². The largest absolute Gasteiger partial charge is 0.507 e. The third-order valence-corrected chi connectivity index (χ3v) is 3.13. The highest BCUT2D eigenvalue weighted by molar-refractivity contribution is 6.14. The van der Waals surface area contributed by atoms with Crippen molar-refractivity contribution in [2.24, 2.45) is 0 Å². The van der Waals surface area contributed by atoms with Crippen LogP contribution < -0.4 is 0 Å². The predicted molar refractivity (Wildman–Crippen MR) is 79.2 cm³/mol. The molecule has 0 saturated heterocycles. The Hall–Kier alpha value is -2.95. The molecule has 0 aromatic heterocycles. The highest BCUT2D eigenvalue weighted by Crippen LogP contribution is 2.19. The molecule has 0 unspecified atom stereocenters. The Morgan fingerprint density at radius 2 is 1.64 bits per heavy atom. The second-order valence-electron chi connectivity index (χ2n) is 4.61. The summed E-state index contributed by atoms with van der Waals surface area (Å²) in [5.74, 6) is -1.63. The Kier molecular flexibility index (Phi) is 4.68. The van der Waals surface area contributed by atoms with Crippen LogP contribution in [0.15, 0.2) is 48.5 Å². The van der Waals surface area contributed by atoms with Gasteiger partial charge in [-0.3, -0.25) is 9.59 Å². The van der Waals surface area contributed by atoms with Crippen LogP contribution in [0.25, 0.3) is 0 Å². The summed E-state index contributed by atoms with van der Waals surface area (Å²) in [6.45, 7) is 0. The molecule has 112 valence electrons. The van der Waals surface area contributed by atoms with Crippen molar-refractivity contribution in [1.82, 2.24) is 0 Å². The van der Waals surface area contributed by atoms with Crippen LogP contribution in [0.1, 0.15) is 37.5 Å². The molecule has 0 aliphatic rings. The lowest BCUT2D eigenvalue weighted by Crippen LogP contribution is -2.10. The number of rotatable bonds is 5. The minimum atomic E-state index is -0.554. The lowest BCUT2D eigenvalue weighted by Gasteiger charge is -2.05. The SMILES string of the molecule is COC(=O)c1cccc(C(=O)CC(=O)c2ccccc2O)c1. The summed E-state index contributed by atoms with van der Waals surface area (Å²) in [5, 5.41) is 9.62. The van der Waals surface area contributed by atoms with Gasteiger partial charge in [-0.25, -0.2) is 4.79 Å². The van der Waals surface area contributed by atoms with Gasteiger partial charge in [0.15, 0.2) is 11.6 Å². The molecule has 2 aromatic rings. The zero-order valence-electron chi connectivity index (χ0n) is 11.9. The van der Waals surface area contributed by atoms with Gasteiger partial charge in [0.05, 0.1) is 24.7 Å². The fourth-order valence-electron chi connectivity index (χ4n) is 1.99. The van der Waals surface area contributed by atoms with Gasteiger partial charge in [0.2, 0.25) is 0 Å².